The lowest BCUT2D eigenvalue weighted by Crippen LogP contribution is -2.37. The summed E-state index contributed by atoms with van der Waals surface area (Å²) in [4.78, 5) is 40.1. The molecule has 1 amide bonds. The number of pyridine rings is 1. The fraction of sp³-hybridized carbons (Fsp3) is 0.429. The Bertz CT molecular complexity index is 822. The first-order chi connectivity index (χ1) is 10.5. The molecule has 118 valence electrons. The zero-order valence-electron chi connectivity index (χ0n) is 12.6. The Morgan fingerprint density at radius 3 is 2.64 bits per heavy atom. The molecular weight excluding hydrogens is 286 g/mol. The van der Waals surface area contributed by atoms with Gasteiger partial charge in [-0.05, 0) is 31.5 Å². The van der Waals surface area contributed by atoms with Crippen LogP contribution in [0, 0.1) is 0 Å². The average molecular weight is 305 g/mol. The minimum Gasteiger partial charge on any atom is -0.351 e. The number of hydrogen-bond donors (Lipinski definition) is 2. The summed E-state index contributed by atoms with van der Waals surface area (Å²) < 4.78 is 2.26. The van der Waals surface area contributed by atoms with Gasteiger partial charge in [0, 0.05) is 20.6 Å². The van der Waals surface area contributed by atoms with E-state index in [1.807, 2.05) is 0 Å². The summed E-state index contributed by atoms with van der Waals surface area (Å²) in [7, 11) is 2.92. The summed E-state index contributed by atoms with van der Waals surface area (Å²) in [6, 6.07) is 2.99. The summed E-state index contributed by atoms with van der Waals surface area (Å²) in [5, 5.41) is 3.03. The molecule has 0 unspecified atom stereocenters. The van der Waals surface area contributed by atoms with Crippen molar-refractivity contribution in [2.75, 3.05) is 13.1 Å². The van der Waals surface area contributed by atoms with Crippen molar-refractivity contribution >= 4 is 16.9 Å². The van der Waals surface area contributed by atoms with Crippen LogP contribution in [0.3, 0.4) is 0 Å². The number of hydrogen-bond acceptors (Lipinski definition) is 5. The van der Waals surface area contributed by atoms with Gasteiger partial charge in [0.15, 0.2) is 0 Å². The highest BCUT2D eigenvalue weighted by molar-refractivity contribution is 5.94. The van der Waals surface area contributed by atoms with Gasteiger partial charge in [-0.15, -0.1) is 0 Å². The summed E-state index contributed by atoms with van der Waals surface area (Å²) in [5.41, 5.74) is 4.84. The Balaban J connectivity index is 2.37. The third kappa shape index (κ3) is 2.91. The van der Waals surface area contributed by atoms with Gasteiger partial charge < -0.3 is 11.1 Å². The molecular formula is C14H19N5O3. The van der Waals surface area contributed by atoms with Gasteiger partial charge in [-0.2, -0.15) is 0 Å². The van der Waals surface area contributed by atoms with E-state index >= 15 is 0 Å². The van der Waals surface area contributed by atoms with Crippen molar-refractivity contribution in [2.45, 2.75) is 12.8 Å². The molecule has 0 saturated heterocycles. The van der Waals surface area contributed by atoms with Crippen LogP contribution in [-0.4, -0.2) is 33.1 Å². The van der Waals surface area contributed by atoms with Crippen LogP contribution in [0.15, 0.2) is 21.7 Å². The molecule has 0 aliphatic rings. The second-order valence-corrected chi connectivity index (χ2v) is 5.03. The van der Waals surface area contributed by atoms with Gasteiger partial charge in [0.2, 0.25) is 0 Å². The Morgan fingerprint density at radius 2 is 1.95 bits per heavy atom. The molecule has 2 heterocycles. The minimum atomic E-state index is -0.481. The quantitative estimate of drug-likeness (QED) is 0.695. The number of rotatable bonds is 5. The normalized spacial score (nSPS) is 10.9. The Morgan fingerprint density at radius 1 is 1.23 bits per heavy atom. The van der Waals surface area contributed by atoms with E-state index in [0.717, 1.165) is 17.4 Å². The van der Waals surface area contributed by atoms with Crippen LogP contribution in [-0.2, 0) is 14.1 Å². The molecule has 0 radical (unpaired) electrons. The van der Waals surface area contributed by atoms with Crippen LogP contribution < -0.4 is 22.3 Å². The van der Waals surface area contributed by atoms with Gasteiger partial charge in [-0.25, -0.2) is 9.78 Å². The molecule has 3 N–H and O–H groups in total. The Kier molecular flexibility index (Phi) is 4.71. The van der Waals surface area contributed by atoms with E-state index in [4.69, 9.17) is 5.73 Å². The Hall–Kier alpha value is -2.48. The maximum atomic E-state index is 12.0. The Labute approximate surface area is 126 Å². The van der Waals surface area contributed by atoms with E-state index in [1.54, 1.807) is 0 Å². The second-order valence-electron chi connectivity index (χ2n) is 5.03. The topological polar surface area (TPSA) is 112 Å². The molecule has 0 spiro atoms. The number of aryl methyl sites for hydroxylation is 1. The van der Waals surface area contributed by atoms with E-state index in [1.165, 1.54) is 30.8 Å². The molecule has 0 aliphatic carbocycles. The average Bonchev–Trinajstić information content (AvgIpc) is 2.54. The number of nitrogens with zero attached hydrogens (tertiary/aromatic N) is 3. The molecule has 0 saturated carbocycles. The molecule has 0 atom stereocenters. The fourth-order valence-corrected chi connectivity index (χ4v) is 2.14. The van der Waals surface area contributed by atoms with Crippen LogP contribution in [0.25, 0.3) is 11.0 Å². The zero-order valence-corrected chi connectivity index (χ0v) is 12.6. The minimum absolute atomic E-state index is 0.170. The lowest BCUT2D eigenvalue weighted by atomic mass is 10.2. The smallest absolute Gasteiger partial charge is 0.332 e. The molecule has 2 aromatic rings. The molecule has 2 aromatic heterocycles. The maximum absolute atomic E-state index is 12.0. The molecule has 8 nitrogen and oxygen atoms in total. The van der Waals surface area contributed by atoms with Crippen molar-refractivity contribution in [1.29, 1.82) is 0 Å². The number of carbonyl (C=O) groups excluding carboxylic acids is 1. The van der Waals surface area contributed by atoms with Crippen molar-refractivity contribution in [3.63, 3.8) is 0 Å². The molecule has 8 heteroatoms. The van der Waals surface area contributed by atoms with E-state index < -0.39 is 11.2 Å². The standard InChI is InChI=1S/C14H19N5O3/c1-18-11-9(13(21)19(2)14(18)22)5-6-10(17-11)12(20)16-8-4-3-7-15/h5-6H,3-4,7-8,15H2,1-2H3,(H,16,20). The van der Waals surface area contributed by atoms with Crippen LogP contribution >= 0.6 is 0 Å². The van der Waals surface area contributed by atoms with Crippen LogP contribution in [0.5, 0.6) is 0 Å². The lowest BCUT2D eigenvalue weighted by Gasteiger charge is -2.08. The number of carbonyl (C=O) groups is 1. The molecule has 0 bridgehead atoms. The van der Waals surface area contributed by atoms with Crippen LogP contribution in [0.4, 0.5) is 0 Å². The first kappa shape index (κ1) is 15.9. The van der Waals surface area contributed by atoms with Crippen LogP contribution in [0.2, 0.25) is 0 Å². The third-order valence-corrected chi connectivity index (χ3v) is 3.45. The van der Waals surface area contributed by atoms with Crippen LogP contribution in [0.1, 0.15) is 23.3 Å². The number of aromatic nitrogens is 3. The monoisotopic (exact) mass is 305 g/mol. The highest BCUT2D eigenvalue weighted by Crippen LogP contribution is 2.06. The predicted molar refractivity (Wildman–Crippen MR) is 82.8 cm³/mol. The van der Waals surface area contributed by atoms with E-state index in [-0.39, 0.29) is 17.2 Å². The predicted octanol–water partition coefficient (Wildman–Crippen LogP) is -0.899. The lowest BCUT2D eigenvalue weighted by molar-refractivity contribution is 0.0948. The summed E-state index contributed by atoms with van der Waals surface area (Å²) >= 11 is 0. The maximum Gasteiger partial charge on any atom is 0.332 e. The number of nitrogens with one attached hydrogen (secondary N) is 1. The van der Waals surface area contributed by atoms with Gasteiger partial charge in [-0.1, -0.05) is 0 Å². The van der Waals surface area contributed by atoms with E-state index in [0.29, 0.717) is 18.5 Å². The van der Waals surface area contributed by atoms with Gasteiger partial charge in [0.05, 0.1) is 5.39 Å². The van der Waals surface area contributed by atoms with Gasteiger partial charge in [0.25, 0.3) is 11.5 Å². The summed E-state index contributed by atoms with van der Waals surface area (Å²) in [6.07, 6.45) is 1.62. The second kappa shape index (κ2) is 6.52. The third-order valence-electron chi connectivity index (χ3n) is 3.45. The van der Waals surface area contributed by atoms with E-state index in [9.17, 15) is 14.4 Å². The van der Waals surface area contributed by atoms with Gasteiger partial charge in [0.1, 0.15) is 11.3 Å². The number of amides is 1. The molecule has 0 fully saturated rings. The highest BCUT2D eigenvalue weighted by Gasteiger charge is 2.13. The van der Waals surface area contributed by atoms with Crippen molar-refractivity contribution < 1.29 is 4.79 Å². The van der Waals surface area contributed by atoms with E-state index in [2.05, 4.69) is 10.3 Å². The van der Waals surface area contributed by atoms with Crippen molar-refractivity contribution in [1.82, 2.24) is 19.4 Å². The van der Waals surface area contributed by atoms with Crippen molar-refractivity contribution in [3.8, 4) is 0 Å². The zero-order chi connectivity index (χ0) is 16.3. The number of fused-ring (bicyclic) bond motifs is 1. The SMILES string of the molecule is Cn1c(=O)c2ccc(C(=O)NCCCCN)nc2n(C)c1=O. The summed E-state index contributed by atoms with van der Waals surface area (Å²) in [6.45, 7) is 1.08. The fourth-order valence-electron chi connectivity index (χ4n) is 2.14. The van der Waals surface area contributed by atoms with Crippen molar-refractivity contribution in [2.24, 2.45) is 19.8 Å². The van der Waals surface area contributed by atoms with Gasteiger partial charge >= 0.3 is 5.69 Å². The highest BCUT2D eigenvalue weighted by atomic mass is 16.2. The largest absolute Gasteiger partial charge is 0.351 e. The number of unbranched alkanes of at least 4 members (excludes halogenated alkanes) is 1. The summed E-state index contributed by atoms with van der Waals surface area (Å²) in [5.74, 6) is -0.341. The number of nitrogens with two attached hydrogens (primary N) is 1. The van der Waals surface area contributed by atoms with Crippen molar-refractivity contribution in [3.05, 3.63) is 38.7 Å². The molecule has 0 aromatic carbocycles. The molecule has 22 heavy (non-hydrogen) atoms. The molecule has 2 rings (SSSR count). The first-order valence-electron chi connectivity index (χ1n) is 7.02. The molecule has 0 aliphatic heterocycles. The first-order valence-corrected chi connectivity index (χ1v) is 7.02. The van der Waals surface area contributed by atoms with Gasteiger partial charge in [-0.3, -0.25) is 18.7 Å².